The lowest BCUT2D eigenvalue weighted by Crippen LogP contribution is -2.29. The number of nitrogens with one attached hydrogen (secondary N) is 1. The zero-order valence-electron chi connectivity index (χ0n) is 13.5. The van der Waals surface area contributed by atoms with Gasteiger partial charge in [-0.2, -0.15) is 0 Å². The van der Waals surface area contributed by atoms with Crippen LogP contribution in [0, 0.1) is 17.7 Å². The molecule has 3 heteroatoms. The van der Waals surface area contributed by atoms with Gasteiger partial charge in [-0.05, 0) is 56.0 Å². The molecule has 0 aliphatic carbocycles. The predicted molar refractivity (Wildman–Crippen MR) is 85.2 cm³/mol. The minimum atomic E-state index is -0.165. The van der Waals surface area contributed by atoms with Crippen LogP contribution in [0.25, 0.3) is 0 Å². The average Bonchev–Trinajstić information content (AvgIpc) is 2.79. The molecule has 2 nitrogen and oxygen atoms in total. The standard InChI is InChI=1S/C18H28FNO/c1-4-5-14(12-20-11-13(2)3)8-17-10-15-9-16(19)6-7-18(15)21-17/h6-7,9,13-14,17,20H,4-5,8,10-12H2,1-3H3. The van der Waals surface area contributed by atoms with E-state index in [2.05, 4.69) is 26.1 Å². The van der Waals surface area contributed by atoms with Gasteiger partial charge in [0.15, 0.2) is 0 Å². The summed E-state index contributed by atoms with van der Waals surface area (Å²) in [6.45, 7) is 8.81. The lowest BCUT2D eigenvalue weighted by Gasteiger charge is -2.21. The van der Waals surface area contributed by atoms with Crippen molar-refractivity contribution >= 4 is 0 Å². The van der Waals surface area contributed by atoms with E-state index in [0.29, 0.717) is 11.8 Å². The molecule has 1 aromatic rings. The normalized spacial score (nSPS) is 18.6. The Bertz CT molecular complexity index is 447. The highest BCUT2D eigenvalue weighted by Gasteiger charge is 2.25. The van der Waals surface area contributed by atoms with E-state index in [-0.39, 0.29) is 11.9 Å². The van der Waals surface area contributed by atoms with Crippen molar-refractivity contribution in [3.8, 4) is 5.75 Å². The van der Waals surface area contributed by atoms with Crippen molar-refractivity contribution in [2.45, 2.75) is 52.6 Å². The van der Waals surface area contributed by atoms with Crippen LogP contribution in [-0.4, -0.2) is 19.2 Å². The minimum absolute atomic E-state index is 0.165. The molecule has 118 valence electrons. The summed E-state index contributed by atoms with van der Waals surface area (Å²) in [6.07, 6.45) is 4.52. The first-order chi connectivity index (χ1) is 10.1. The molecule has 1 aliphatic rings. The Morgan fingerprint density at radius 2 is 2.14 bits per heavy atom. The topological polar surface area (TPSA) is 21.3 Å². The molecule has 1 heterocycles. The number of fused-ring (bicyclic) bond motifs is 1. The Labute approximate surface area is 128 Å². The van der Waals surface area contributed by atoms with Crippen LogP contribution in [0.2, 0.25) is 0 Å². The summed E-state index contributed by atoms with van der Waals surface area (Å²) in [6, 6.07) is 4.85. The zero-order chi connectivity index (χ0) is 15.2. The van der Waals surface area contributed by atoms with Crippen LogP contribution in [-0.2, 0) is 6.42 Å². The van der Waals surface area contributed by atoms with Crippen molar-refractivity contribution in [1.82, 2.24) is 5.32 Å². The van der Waals surface area contributed by atoms with Gasteiger partial charge in [0.2, 0.25) is 0 Å². The van der Waals surface area contributed by atoms with Crippen molar-refractivity contribution in [3.05, 3.63) is 29.6 Å². The highest BCUT2D eigenvalue weighted by atomic mass is 19.1. The predicted octanol–water partition coefficient (Wildman–Crippen LogP) is 4.18. The molecule has 0 bridgehead atoms. The van der Waals surface area contributed by atoms with Gasteiger partial charge >= 0.3 is 0 Å². The molecule has 1 aromatic carbocycles. The molecular weight excluding hydrogens is 265 g/mol. The molecular formula is C18H28FNO. The van der Waals surface area contributed by atoms with Gasteiger partial charge in [-0.1, -0.05) is 27.2 Å². The van der Waals surface area contributed by atoms with E-state index in [4.69, 9.17) is 4.74 Å². The molecule has 0 spiro atoms. The lowest BCUT2D eigenvalue weighted by molar-refractivity contribution is 0.187. The molecule has 0 fully saturated rings. The Kier molecular flexibility index (Phi) is 6.04. The number of halogens is 1. The molecule has 0 radical (unpaired) electrons. The van der Waals surface area contributed by atoms with Gasteiger partial charge in [-0.15, -0.1) is 0 Å². The second-order valence-corrected chi connectivity index (χ2v) is 6.64. The molecule has 0 amide bonds. The summed E-state index contributed by atoms with van der Waals surface area (Å²) in [7, 11) is 0. The van der Waals surface area contributed by atoms with Gasteiger partial charge in [0.1, 0.15) is 17.7 Å². The SMILES string of the molecule is CCCC(CNCC(C)C)CC1Cc2cc(F)ccc2O1. The smallest absolute Gasteiger partial charge is 0.123 e. The molecule has 1 N–H and O–H groups in total. The minimum Gasteiger partial charge on any atom is -0.490 e. The number of benzene rings is 1. The van der Waals surface area contributed by atoms with Gasteiger partial charge in [0, 0.05) is 12.0 Å². The fourth-order valence-electron chi connectivity index (χ4n) is 3.08. The molecule has 2 unspecified atom stereocenters. The summed E-state index contributed by atoms with van der Waals surface area (Å²) >= 11 is 0. The summed E-state index contributed by atoms with van der Waals surface area (Å²) in [5.74, 6) is 2.02. The van der Waals surface area contributed by atoms with Crippen LogP contribution in [0.5, 0.6) is 5.75 Å². The van der Waals surface area contributed by atoms with E-state index in [1.54, 1.807) is 12.1 Å². The maximum absolute atomic E-state index is 13.2. The number of rotatable bonds is 8. The Hall–Kier alpha value is -1.09. The molecule has 0 saturated carbocycles. The molecule has 21 heavy (non-hydrogen) atoms. The molecule has 0 saturated heterocycles. The van der Waals surface area contributed by atoms with Crippen molar-refractivity contribution in [1.29, 1.82) is 0 Å². The van der Waals surface area contributed by atoms with E-state index in [1.807, 2.05) is 0 Å². The van der Waals surface area contributed by atoms with Gasteiger partial charge in [-0.3, -0.25) is 0 Å². The van der Waals surface area contributed by atoms with Gasteiger partial charge in [-0.25, -0.2) is 4.39 Å². The van der Waals surface area contributed by atoms with Crippen molar-refractivity contribution in [3.63, 3.8) is 0 Å². The monoisotopic (exact) mass is 293 g/mol. The first-order valence-electron chi connectivity index (χ1n) is 8.24. The van der Waals surface area contributed by atoms with E-state index in [0.717, 1.165) is 37.2 Å². The third-order valence-electron chi connectivity index (χ3n) is 4.04. The number of hydrogen-bond donors (Lipinski definition) is 1. The van der Waals surface area contributed by atoms with E-state index < -0.39 is 0 Å². The van der Waals surface area contributed by atoms with Crippen LogP contribution in [0.15, 0.2) is 18.2 Å². The fraction of sp³-hybridized carbons (Fsp3) is 0.667. The van der Waals surface area contributed by atoms with E-state index in [9.17, 15) is 4.39 Å². The lowest BCUT2D eigenvalue weighted by atomic mass is 9.94. The Balaban J connectivity index is 1.84. The van der Waals surface area contributed by atoms with Gasteiger partial charge < -0.3 is 10.1 Å². The first kappa shape index (κ1) is 16.3. The van der Waals surface area contributed by atoms with Crippen molar-refractivity contribution < 1.29 is 9.13 Å². The molecule has 2 atom stereocenters. The summed E-state index contributed by atoms with van der Waals surface area (Å²) in [5, 5.41) is 3.56. The fourth-order valence-corrected chi connectivity index (χ4v) is 3.08. The quantitative estimate of drug-likeness (QED) is 0.776. The number of ether oxygens (including phenoxy) is 1. The van der Waals surface area contributed by atoms with Crippen LogP contribution in [0.3, 0.4) is 0 Å². The van der Waals surface area contributed by atoms with Crippen LogP contribution in [0.1, 0.15) is 45.6 Å². The van der Waals surface area contributed by atoms with Crippen LogP contribution < -0.4 is 10.1 Å². The first-order valence-corrected chi connectivity index (χ1v) is 8.24. The second-order valence-electron chi connectivity index (χ2n) is 6.64. The summed E-state index contributed by atoms with van der Waals surface area (Å²) < 4.78 is 19.2. The largest absolute Gasteiger partial charge is 0.490 e. The highest BCUT2D eigenvalue weighted by Crippen LogP contribution is 2.32. The highest BCUT2D eigenvalue weighted by molar-refractivity contribution is 5.37. The third kappa shape index (κ3) is 4.99. The summed E-state index contributed by atoms with van der Waals surface area (Å²) in [4.78, 5) is 0. The van der Waals surface area contributed by atoms with Crippen molar-refractivity contribution in [2.24, 2.45) is 11.8 Å². The van der Waals surface area contributed by atoms with E-state index >= 15 is 0 Å². The van der Waals surface area contributed by atoms with Crippen LogP contribution in [0.4, 0.5) is 4.39 Å². The number of hydrogen-bond acceptors (Lipinski definition) is 2. The second kappa shape index (κ2) is 7.79. The van der Waals surface area contributed by atoms with Crippen molar-refractivity contribution in [2.75, 3.05) is 13.1 Å². The molecule has 0 aromatic heterocycles. The van der Waals surface area contributed by atoms with Gasteiger partial charge in [0.25, 0.3) is 0 Å². The Morgan fingerprint density at radius 3 is 2.86 bits per heavy atom. The Morgan fingerprint density at radius 1 is 1.33 bits per heavy atom. The van der Waals surface area contributed by atoms with E-state index in [1.165, 1.54) is 18.9 Å². The molecule has 2 rings (SSSR count). The third-order valence-corrected chi connectivity index (χ3v) is 4.04. The maximum Gasteiger partial charge on any atom is 0.123 e. The molecule has 1 aliphatic heterocycles. The van der Waals surface area contributed by atoms with Crippen LogP contribution >= 0.6 is 0 Å². The zero-order valence-corrected chi connectivity index (χ0v) is 13.5. The van der Waals surface area contributed by atoms with Gasteiger partial charge in [0.05, 0.1) is 0 Å². The average molecular weight is 293 g/mol. The summed E-state index contributed by atoms with van der Waals surface area (Å²) in [5.41, 5.74) is 1.02. The maximum atomic E-state index is 13.2.